The number of amides is 1. The number of nitrogens with zero attached hydrogens (tertiary/aromatic N) is 4. The van der Waals surface area contributed by atoms with Crippen LogP contribution in [0.4, 0.5) is 11.6 Å². The van der Waals surface area contributed by atoms with E-state index in [1.807, 2.05) is 25.2 Å². The molecule has 4 aromatic rings. The van der Waals surface area contributed by atoms with Crippen LogP contribution in [0.3, 0.4) is 0 Å². The molecule has 4 heterocycles. The Morgan fingerprint density at radius 3 is 2.91 bits per heavy atom. The van der Waals surface area contributed by atoms with Gasteiger partial charge in [-0.2, -0.15) is 0 Å². The van der Waals surface area contributed by atoms with E-state index in [9.17, 15) is 4.79 Å². The molecular weight excluding hydrogens is 416 g/mol. The molecule has 0 unspecified atom stereocenters. The summed E-state index contributed by atoms with van der Waals surface area (Å²) in [6, 6.07) is 7.93. The van der Waals surface area contributed by atoms with E-state index in [2.05, 4.69) is 48.1 Å². The Kier molecular flexibility index (Phi) is 4.70. The van der Waals surface area contributed by atoms with E-state index in [1.54, 1.807) is 12.4 Å². The molecule has 8 nitrogen and oxygen atoms in total. The van der Waals surface area contributed by atoms with Gasteiger partial charge in [-0.1, -0.05) is 11.8 Å². The summed E-state index contributed by atoms with van der Waals surface area (Å²) in [5, 5.41) is 7.77. The molecule has 0 saturated heterocycles. The molecule has 0 bridgehead atoms. The summed E-state index contributed by atoms with van der Waals surface area (Å²) in [5.74, 6) is 8.90. The van der Waals surface area contributed by atoms with Crippen molar-refractivity contribution in [3.63, 3.8) is 0 Å². The number of imidazole rings is 1. The van der Waals surface area contributed by atoms with Gasteiger partial charge in [0, 0.05) is 48.2 Å². The number of benzene rings is 1. The van der Waals surface area contributed by atoms with Crippen LogP contribution in [0.15, 0.2) is 36.7 Å². The number of anilines is 2. The molecule has 2 N–H and O–H groups in total. The Bertz CT molecular complexity index is 1480. The zero-order chi connectivity index (χ0) is 22.4. The summed E-state index contributed by atoms with van der Waals surface area (Å²) < 4.78 is 7.71. The third-order valence-corrected chi connectivity index (χ3v) is 6.07. The first-order valence-corrected chi connectivity index (χ1v) is 11.1. The van der Waals surface area contributed by atoms with E-state index in [4.69, 9.17) is 4.74 Å². The summed E-state index contributed by atoms with van der Waals surface area (Å²) >= 11 is 0. The molecule has 33 heavy (non-hydrogen) atoms. The number of fused-ring (bicyclic) bond motifs is 4. The molecule has 1 saturated carbocycles. The van der Waals surface area contributed by atoms with Gasteiger partial charge in [0.15, 0.2) is 0 Å². The van der Waals surface area contributed by atoms with E-state index >= 15 is 0 Å². The van der Waals surface area contributed by atoms with Crippen molar-refractivity contribution in [1.82, 2.24) is 19.5 Å². The highest BCUT2D eigenvalue weighted by molar-refractivity contribution is 5.99. The first-order chi connectivity index (χ1) is 16.2. The van der Waals surface area contributed by atoms with Crippen LogP contribution in [0.1, 0.15) is 29.8 Å². The fourth-order valence-electron chi connectivity index (χ4n) is 4.14. The Morgan fingerprint density at radius 2 is 2.06 bits per heavy atom. The van der Waals surface area contributed by atoms with Gasteiger partial charge in [-0.05, 0) is 37.1 Å². The molecule has 0 radical (unpaired) electrons. The van der Waals surface area contributed by atoms with Crippen molar-refractivity contribution in [2.75, 3.05) is 24.3 Å². The maximum atomic E-state index is 12.2. The van der Waals surface area contributed by atoms with Crippen LogP contribution in [0.25, 0.3) is 21.8 Å². The Balaban J connectivity index is 1.39. The summed E-state index contributed by atoms with van der Waals surface area (Å²) in [6.07, 6.45) is 5.38. The maximum absolute atomic E-state index is 12.2. The lowest BCUT2D eigenvalue weighted by Crippen LogP contribution is -2.16. The van der Waals surface area contributed by atoms with Gasteiger partial charge in [0.05, 0.1) is 23.2 Å². The van der Waals surface area contributed by atoms with Crippen LogP contribution in [-0.2, 0) is 22.7 Å². The summed E-state index contributed by atoms with van der Waals surface area (Å²) in [7, 11) is 1.82. The summed E-state index contributed by atoms with van der Waals surface area (Å²) in [4.78, 5) is 25.8. The number of carbonyl (C=O) groups excluding carboxylic acids is 1. The lowest BCUT2D eigenvalue weighted by Gasteiger charge is -2.14. The van der Waals surface area contributed by atoms with E-state index in [0.29, 0.717) is 19.0 Å². The third kappa shape index (κ3) is 3.66. The van der Waals surface area contributed by atoms with Crippen LogP contribution in [-0.4, -0.2) is 39.1 Å². The molecule has 1 amide bonds. The molecule has 1 aliphatic carbocycles. The largest absolute Gasteiger partial charge is 0.373 e. The van der Waals surface area contributed by atoms with Crippen LogP contribution < -0.4 is 10.6 Å². The average Bonchev–Trinajstić information content (AvgIpc) is 3.63. The molecule has 8 heteroatoms. The van der Waals surface area contributed by atoms with Gasteiger partial charge in [0.1, 0.15) is 24.1 Å². The molecular formula is C25H22N6O2. The molecule has 1 aliphatic heterocycles. The van der Waals surface area contributed by atoms with Gasteiger partial charge in [0.25, 0.3) is 0 Å². The second-order valence-electron chi connectivity index (χ2n) is 8.33. The van der Waals surface area contributed by atoms with Gasteiger partial charge in [-0.3, -0.25) is 4.79 Å². The van der Waals surface area contributed by atoms with Crippen LogP contribution >= 0.6 is 0 Å². The molecule has 1 fully saturated rings. The first kappa shape index (κ1) is 19.7. The fourth-order valence-corrected chi connectivity index (χ4v) is 4.14. The molecule has 0 spiro atoms. The van der Waals surface area contributed by atoms with Crippen molar-refractivity contribution in [2.45, 2.75) is 26.0 Å². The number of hydrogen-bond donors (Lipinski definition) is 2. The van der Waals surface area contributed by atoms with Crippen LogP contribution in [0.5, 0.6) is 0 Å². The molecule has 6 rings (SSSR count). The number of nitrogens with one attached hydrogen (secondary N) is 2. The summed E-state index contributed by atoms with van der Waals surface area (Å²) in [6.45, 7) is 2.03. The predicted molar refractivity (Wildman–Crippen MR) is 126 cm³/mol. The number of carbonyl (C=O) groups is 1. The lowest BCUT2D eigenvalue weighted by molar-refractivity contribution is -0.117. The minimum absolute atomic E-state index is 0.0280. The highest BCUT2D eigenvalue weighted by Gasteiger charge is 2.29. The second-order valence-corrected chi connectivity index (χ2v) is 8.33. The Labute approximate surface area is 190 Å². The van der Waals surface area contributed by atoms with Crippen LogP contribution in [0, 0.1) is 17.8 Å². The van der Waals surface area contributed by atoms with E-state index in [0.717, 1.165) is 64.0 Å². The predicted octanol–water partition coefficient (Wildman–Crippen LogP) is 3.30. The zero-order valence-corrected chi connectivity index (χ0v) is 18.2. The fraction of sp³-hybridized carbons (Fsp3) is 0.280. The van der Waals surface area contributed by atoms with Crippen molar-refractivity contribution >= 4 is 39.3 Å². The highest BCUT2D eigenvalue weighted by Crippen LogP contribution is 2.31. The molecule has 0 atom stereocenters. The average molecular weight is 438 g/mol. The summed E-state index contributed by atoms with van der Waals surface area (Å²) in [5.41, 5.74) is 3.70. The highest BCUT2D eigenvalue weighted by atomic mass is 16.5. The number of rotatable bonds is 3. The maximum Gasteiger partial charge on any atom is 0.228 e. The van der Waals surface area contributed by atoms with E-state index < -0.39 is 0 Å². The molecule has 1 aromatic carbocycles. The minimum atomic E-state index is 0.0280. The lowest BCUT2D eigenvalue weighted by atomic mass is 10.1. The monoisotopic (exact) mass is 438 g/mol. The van der Waals surface area contributed by atoms with Crippen molar-refractivity contribution in [3.8, 4) is 11.8 Å². The van der Waals surface area contributed by atoms with Gasteiger partial charge >= 0.3 is 0 Å². The Morgan fingerprint density at radius 1 is 1.15 bits per heavy atom. The van der Waals surface area contributed by atoms with Gasteiger partial charge in [-0.15, -0.1) is 0 Å². The minimum Gasteiger partial charge on any atom is -0.373 e. The normalized spacial score (nSPS) is 15.1. The van der Waals surface area contributed by atoms with Crippen molar-refractivity contribution in [2.24, 2.45) is 5.92 Å². The molecule has 164 valence electrons. The topological polar surface area (TPSA) is 94.0 Å². The van der Waals surface area contributed by atoms with Gasteiger partial charge in [0.2, 0.25) is 5.91 Å². The first-order valence-electron chi connectivity index (χ1n) is 11.1. The van der Waals surface area contributed by atoms with Crippen LogP contribution in [0.2, 0.25) is 0 Å². The zero-order valence-electron chi connectivity index (χ0n) is 18.2. The third-order valence-electron chi connectivity index (χ3n) is 6.07. The smallest absolute Gasteiger partial charge is 0.228 e. The van der Waals surface area contributed by atoms with Gasteiger partial charge in [-0.25, -0.2) is 15.0 Å². The van der Waals surface area contributed by atoms with Crippen molar-refractivity contribution in [1.29, 1.82) is 0 Å². The number of ether oxygens (including phenoxy) is 1. The number of aromatic nitrogens is 4. The van der Waals surface area contributed by atoms with E-state index in [1.165, 1.54) is 0 Å². The van der Waals surface area contributed by atoms with E-state index in [-0.39, 0.29) is 11.8 Å². The Hall–Kier alpha value is -3.96. The number of hydrogen-bond acceptors (Lipinski definition) is 6. The van der Waals surface area contributed by atoms with Crippen molar-refractivity contribution < 1.29 is 9.53 Å². The molecule has 2 aliphatic rings. The van der Waals surface area contributed by atoms with Crippen molar-refractivity contribution in [3.05, 3.63) is 53.6 Å². The standard InChI is InChI=1S/C25H22N6O2/c1-26-24-19-13-27-22(30-25(32)16-5-6-16)11-18(19)17(12-28-24)4-2-15-3-7-20-21(10-15)31-8-9-33-14-23(31)29-20/h3,7,10-13,16H,5-6,8-9,14H2,1H3,(H,26,28)(H,27,30,32). The SMILES string of the molecule is CNc1ncc(C#Cc2ccc3nc4n(c3c2)CCOC4)c2cc(NC(=O)C3CC3)ncc12. The molecule has 3 aromatic heterocycles. The quantitative estimate of drug-likeness (QED) is 0.477. The van der Waals surface area contributed by atoms with Gasteiger partial charge < -0.3 is 19.9 Å². The second kappa shape index (κ2) is 7.87. The number of pyridine rings is 2.